The van der Waals surface area contributed by atoms with E-state index in [1.54, 1.807) is 34.5 Å². The smallest absolute Gasteiger partial charge is 0.336 e. The minimum Gasteiger partial charge on any atom is -0.493 e. The van der Waals surface area contributed by atoms with Gasteiger partial charge in [-0.25, -0.2) is 4.79 Å². The van der Waals surface area contributed by atoms with Gasteiger partial charge in [-0.3, -0.25) is 4.79 Å². The predicted molar refractivity (Wildman–Crippen MR) is 148 cm³/mol. The van der Waals surface area contributed by atoms with Crippen molar-refractivity contribution in [3.8, 4) is 23.0 Å². The van der Waals surface area contributed by atoms with E-state index in [1.165, 1.54) is 0 Å². The van der Waals surface area contributed by atoms with E-state index in [-0.39, 0.29) is 18.1 Å². The second-order valence-corrected chi connectivity index (χ2v) is 9.70. The number of Topliss-reactive ketones (excluding diaryl/α,β-unsaturated/α-hetero) is 1. The topological polar surface area (TPSA) is 92.3 Å². The maximum atomic E-state index is 14.0. The fourth-order valence-electron chi connectivity index (χ4n) is 5.49. The first kappa shape index (κ1) is 28.1. The molecule has 2 atom stereocenters. The molecule has 0 saturated heterocycles. The second kappa shape index (κ2) is 12.3. The molecule has 2 unspecified atom stereocenters. The van der Waals surface area contributed by atoms with Crippen molar-refractivity contribution in [1.29, 1.82) is 0 Å². The molecule has 0 saturated carbocycles. The number of ether oxygens (including phenoxy) is 5. The van der Waals surface area contributed by atoms with Gasteiger partial charge in [-0.1, -0.05) is 31.5 Å². The maximum absolute atomic E-state index is 14.0. The van der Waals surface area contributed by atoms with Crippen LogP contribution >= 0.6 is 0 Å². The zero-order valence-electron chi connectivity index (χ0n) is 23.5. The molecule has 0 radical (unpaired) electrons. The van der Waals surface area contributed by atoms with E-state index in [2.05, 4.69) is 5.32 Å². The molecule has 1 aliphatic heterocycles. The summed E-state index contributed by atoms with van der Waals surface area (Å²) in [6, 6.07) is 11.3. The van der Waals surface area contributed by atoms with Gasteiger partial charge < -0.3 is 29.0 Å². The third-order valence-corrected chi connectivity index (χ3v) is 7.40. The minimum absolute atomic E-state index is 0.0373. The summed E-state index contributed by atoms with van der Waals surface area (Å²) in [5, 5.41) is 3.40. The van der Waals surface area contributed by atoms with Crippen LogP contribution in [-0.2, 0) is 14.3 Å². The number of esters is 1. The summed E-state index contributed by atoms with van der Waals surface area (Å²) in [6.45, 7) is 4.21. The first-order chi connectivity index (χ1) is 18.9. The van der Waals surface area contributed by atoms with E-state index in [4.69, 9.17) is 23.7 Å². The number of dihydropyridines is 1. The Hall–Kier alpha value is -3.94. The molecule has 0 bridgehead atoms. The molecule has 1 N–H and O–H groups in total. The third-order valence-electron chi connectivity index (χ3n) is 7.40. The quantitative estimate of drug-likeness (QED) is 0.318. The highest BCUT2D eigenvalue weighted by Crippen LogP contribution is 2.49. The van der Waals surface area contributed by atoms with E-state index in [1.807, 2.05) is 44.2 Å². The van der Waals surface area contributed by atoms with Crippen molar-refractivity contribution in [2.45, 2.75) is 51.4 Å². The van der Waals surface area contributed by atoms with Gasteiger partial charge in [0.05, 0.1) is 46.5 Å². The Morgan fingerprint density at radius 3 is 2.36 bits per heavy atom. The molecule has 0 aromatic heterocycles. The van der Waals surface area contributed by atoms with Gasteiger partial charge in [0.1, 0.15) is 0 Å². The Labute approximate surface area is 229 Å². The Morgan fingerprint density at radius 2 is 1.69 bits per heavy atom. The van der Waals surface area contributed by atoms with Crippen LogP contribution in [0.2, 0.25) is 0 Å². The highest BCUT2D eigenvalue weighted by atomic mass is 16.5. The van der Waals surface area contributed by atoms with Crippen LogP contribution in [0.3, 0.4) is 0 Å². The molecule has 0 amide bonds. The summed E-state index contributed by atoms with van der Waals surface area (Å²) in [5.74, 6) is 1.06. The maximum Gasteiger partial charge on any atom is 0.336 e. The van der Waals surface area contributed by atoms with Gasteiger partial charge in [0.25, 0.3) is 0 Å². The molecule has 4 rings (SSSR count). The van der Waals surface area contributed by atoms with Crippen molar-refractivity contribution >= 4 is 11.8 Å². The van der Waals surface area contributed by atoms with E-state index in [0.29, 0.717) is 58.4 Å². The molecule has 2 aromatic rings. The lowest BCUT2D eigenvalue weighted by Crippen LogP contribution is -2.36. The molecular weight excluding hydrogens is 498 g/mol. The van der Waals surface area contributed by atoms with E-state index < -0.39 is 11.9 Å². The van der Waals surface area contributed by atoms with Crippen molar-refractivity contribution in [2.75, 3.05) is 35.0 Å². The average Bonchev–Trinajstić information content (AvgIpc) is 2.95. The molecule has 0 spiro atoms. The van der Waals surface area contributed by atoms with Crippen LogP contribution in [0.5, 0.6) is 23.0 Å². The highest BCUT2D eigenvalue weighted by molar-refractivity contribution is 6.04. The van der Waals surface area contributed by atoms with Gasteiger partial charge in [0, 0.05) is 29.0 Å². The van der Waals surface area contributed by atoms with Crippen molar-refractivity contribution in [3.05, 3.63) is 70.1 Å². The first-order valence-electron chi connectivity index (χ1n) is 13.2. The molecule has 8 heteroatoms. The number of hydrogen-bond acceptors (Lipinski definition) is 8. The number of allylic oxidation sites excluding steroid dienone is 3. The first-order valence-corrected chi connectivity index (χ1v) is 13.2. The van der Waals surface area contributed by atoms with Crippen molar-refractivity contribution < 1.29 is 33.3 Å². The molecule has 8 nitrogen and oxygen atoms in total. The SMILES string of the molecule is CCCCOC(=O)C1=C(C)NC2=C(C(=O)CC(c3ccc(OC)c(OC)c3)C2)C1c1cccc(OC)c1OC. The molecule has 1 aliphatic carbocycles. The number of para-hydroxylation sites is 1. The number of methoxy groups -OCH3 is 4. The molecule has 2 aliphatic rings. The number of unbranched alkanes of at least 4 members (excludes halogenated alkanes) is 1. The number of benzene rings is 2. The van der Waals surface area contributed by atoms with Gasteiger partial charge in [-0.2, -0.15) is 0 Å². The Kier molecular flexibility index (Phi) is 8.84. The van der Waals surface area contributed by atoms with E-state index in [9.17, 15) is 9.59 Å². The van der Waals surface area contributed by atoms with E-state index in [0.717, 1.165) is 24.1 Å². The third kappa shape index (κ3) is 5.46. The average molecular weight is 536 g/mol. The number of carbonyl (C=O) groups excluding carboxylic acids is 2. The van der Waals surface area contributed by atoms with Gasteiger partial charge in [-0.15, -0.1) is 0 Å². The summed E-state index contributed by atoms with van der Waals surface area (Å²) in [7, 11) is 6.31. The standard InChI is InChI=1S/C31H37NO7/c1-7-8-14-39-31(34)27-18(2)32-22-15-20(19-12-13-24(35-3)26(17-19)37-5)16-23(33)29(22)28(27)21-10-9-11-25(36-4)30(21)38-6/h9-13,17,20,28,32H,7-8,14-16H2,1-6H3. The minimum atomic E-state index is -0.653. The Balaban J connectivity index is 1.81. The van der Waals surface area contributed by atoms with Gasteiger partial charge in [0.2, 0.25) is 0 Å². The highest BCUT2D eigenvalue weighted by Gasteiger charge is 2.43. The number of hydrogen-bond donors (Lipinski definition) is 1. The lowest BCUT2D eigenvalue weighted by atomic mass is 9.71. The number of ketones is 1. The Morgan fingerprint density at radius 1 is 0.949 bits per heavy atom. The molecule has 1 heterocycles. The summed E-state index contributed by atoms with van der Waals surface area (Å²) >= 11 is 0. The van der Waals surface area contributed by atoms with Gasteiger partial charge >= 0.3 is 5.97 Å². The van der Waals surface area contributed by atoms with Crippen LogP contribution < -0.4 is 24.3 Å². The number of nitrogens with one attached hydrogen (secondary N) is 1. The predicted octanol–water partition coefficient (Wildman–Crippen LogP) is 5.43. The molecule has 0 fully saturated rings. The number of rotatable bonds is 10. The van der Waals surface area contributed by atoms with Crippen molar-refractivity contribution in [2.24, 2.45) is 0 Å². The molecule has 2 aromatic carbocycles. The van der Waals surface area contributed by atoms with Crippen LogP contribution in [0.25, 0.3) is 0 Å². The zero-order valence-corrected chi connectivity index (χ0v) is 23.5. The molecular formula is C31H37NO7. The van der Waals surface area contributed by atoms with Crippen LogP contribution in [0.4, 0.5) is 0 Å². The van der Waals surface area contributed by atoms with Crippen LogP contribution in [0.15, 0.2) is 58.9 Å². The molecule has 39 heavy (non-hydrogen) atoms. The largest absolute Gasteiger partial charge is 0.493 e. The normalized spacial score (nSPS) is 18.8. The Bertz CT molecular complexity index is 1310. The van der Waals surface area contributed by atoms with Crippen LogP contribution in [0.1, 0.15) is 62.5 Å². The second-order valence-electron chi connectivity index (χ2n) is 9.70. The van der Waals surface area contributed by atoms with Gasteiger partial charge in [-0.05, 0) is 49.4 Å². The van der Waals surface area contributed by atoms with Crippen LogP contribution in [-0.4, -0.2) is 46.8 Å². The van der Waals surface area contributed by atoms with E-state index >= 15 is 0 Å². The lowest BCUT2D eigenvalue weighted by molar-refractivity contribution is -0.139. The summed E-state index contributed by atoms with van der Waals surface area (Å²) < 4.78 is 27.9. The summed E-state index contributed by atoms with van der Waals surface area (Å²) in [4.78, 5) is 27.4. The fraction of sp³-hybridized carbons (Fsp3) is 0.419. The number of carbonyl (C=O) groups is 2. The lowest BCUT2D eigenvalue weighted by Gasteiger charge is -2.37. The molecule has 208 valence electrons. The van der Waals surface area contributed by atoms with Crippen LogP contribution in [0, 0.1) is 0 Å². The fourth-order valence-corrected chi connectivity index (χ4v) is 5.49. The monoisotopic (exact) mass is 535 g/mol. The van der Waals surface area contributed by atoms with Gasteiger partial charge in [0.15, 0.2) is 28.8 Å². The zero-order chi connectivity index (χ0) is 28.1. The van der Waals surface area contributed by atoms with Crippen molar-refractivity contribution in [1.82, 2.24) is 5.32 Å². The summed E-state index contributed by atoms with van der Waals surface area (Å²) in [5.41, 5.74) is 4.09. The summed E-state index contributed by atoms with van der Waals surface area (Å²) in [6.07, 6.45) is 2.55. The van der Waals surface area contributed by atoms with Crippen molar-refractivity contribution in [3.63, 3.8) is 0 Å².